The van der Waals surface area contributed by atoms with E-state index < -0.39 is 12.1 Å². The Labute approximate surface area is 392 Å². The molecule has 0 saturated heterocycles. The summed E-state index contributed by atoms with van der Waals surface area (Å²) >= 11 is 0. The Bertz CT molecular complexity index is 1020. The number of ether oxygens (including phenoxy) is 1. The Morgan fingerprint density at radius 1 is 0.444 bits per heavy atom. The summed E-state index contributed by atoms with van der Waals surface area (Å²) in [5.41, 5.74) is 0. The minimum Gasteiger partial charge on any atom is -0.466 e. The highest BCUT2D eigenvalue weighted by atomic mass is 16.5. The topological polar surface area (TPSA) is 95.9 Å². The summed E-state index contributed by atoms with van der Waals surface area (Å²) in [4.78, 5) is 24.4. The number of carbonyl (C=O) groups excluding carboxylic acids is 2. The predicted molar refractivity (Wildman–Crippen MR) is 273 cm³/mol. The normalized spacial score (nSPS) is 12.9. The molecule has 0 aromatic carbocycles. The summed E-state index contributed by atoms with van der Waals surface area (Å²) in [6.45, 7) is 4.84. The number of carbonyl (C=O) groups is 2. The molecule has 63 heavy (non-hydrogen) atoms. The van der Waals surface area contributed by atoms with Gasteiger partial charge in [-0.15, -0.1) is 0 Å². The third-order valence-corrected chi connectivity index (χ3v) is 12.7. The maximum atomic E-state index is 12.4. The lowest BCUT2D eigenvalue weighted by Crippen LogP contribution is -2.45. The van der Waals surface area contributed by atoms with E-state index in [0.29, 0.717) is 19.4 Å². The number of aliphatic hydroxyl groups is 2. The standard InChI is InChI=1S/C57H107NO5/c1-3-5-7-9-11-13-15-16-17-18-19-22-25-28-31-35-39-43-47-51-57(62)63-52-48-44-40-36-32-29-26-23-20-21-24-27-30-34-38-42-46-50-56(61)58-54(53-59)55(60)49-45-41-37-33-14-12-10-8-6-4-2/h20,23,29,32,45,49,54-55,59-60H,3-19,21-22,24-28,30-31,33-44,46-48,50-53H2,1-2H3,(H,58,61)/b23-20-,32-29-,49-45+. The van der Waals surface area contributed by atoms with Crippen LogP contribution in [-0.4, -0.2) is 47.4 Å². The first kappa shape index (κ1) is 61.1. The average molecular weight is 886 g/mol. The van der Waals surface area contributed by atoms with E-state index in [1.807, 2.05) is 6.08 Å². The molecule has 0 aliphatic carbocycles. The van der Waals surface area contributed by atoms with Gasteiger partial charge < -0.3 is 20.3 Å². The van der Waals surface area contributed by atoms with Crippen LogP contribution in [0.15, 0.2) is 36.5 Å². The third-order valence-electron chi connectivity index (χ3n) is 12.7. The Morgan fingerprint density at radius 2 is 0.794 bits per heavy atom. The van der Waals surface area contributed by atoms with Crippen LogP contribution in [0.2, 0.25) is 0 Å². The van der Waals surface area contributed by atoms with Gasteiger partial charge in [0.2, 0.25) is 5.91 Å². The number of aliphatic hydroxyl groups excluding tert-OH is 2. The van der Waals surface area contributed by atoms with E-state index in [9.17, 15) is 19.8 Å². The second-order valence-electron chi connectivity index (χ2n) is 18.9. The molecule has 6 heteroatoms. The van der Waals surface area contributed by atoms with Crippen molar-refractivity contribution in [3.63, 3.8) is 0 Å². The number of esters is 1. The zero-order chi connectivity index (χ0) is 45.8. The van der Waals surface area contributed by atoms with Gasteiger partial charge in [-0.05, 0) is 70.6 Å². The summed E-state index contributed by atoms with van der Waals surface area (Å²) in [5.74, 6) is -0.0987. The van der Waals surface area contributed by atoms with Crippen LogP contribution in [-0.2, 0) is 14.3 Å². The Balaban J connectivity index is 3.47. The molecular formula is C57H107NO5. The summed E-state index contributed by atoms with van der Waals surface area (Å²) in [6.07, 6.45) is 64.5. The lowest BCUT2D eigenvalue weighted by molar-refractivity contribution is -0.143. The molecule has 3 N–H and O–H groups in total. The highest BCUT2D eigenvalue weighted by Crippen LogP contribution is 2.16. The molecule has 0 spiro atoms. The first-order valence-electron chi connectivity index (χ1n) is 27.8. The molecule has 0 aliphatic rings. The van der Waals surface area contributed by atoms with Crippen molar-refractivity contribution in [2.75, 3.05) is 13.2 Å². The summed E-state index contributed by atoms with van der Waals surface area (Å²) < 4.78 is 5.47. The molecule has 370 valence electrons. The number of hydrogen-bond acceptors (Lipinski definition) is 5. The molecular weight excluding hydrogens is 779 g/mol. The van der Waals surface area contributed by atoms with Gasteiger partial charge in [-0.25, -0.2) is 0 Å². The molecule has 0 fully saturated rings. The van der Waals surface area contributed by atoms with Gasteiger partial charge in [-0.2, -0.15) is 0 Å². The molecule has 0 aromatic heterocycles. The number of hydrogen-bond donors (Lipinski definition) is 3. The van der Waals surface area contributed by atoms with Crippen molar-refractivity contribution < 1.29 is 24.5 Å². The number of amides is 1. The lowest BCUT2D eigenvalue weighted by Gasteiger charge is -2.20. The van der Waals surface area contributed by atoms with Crippen molar-refractivity contribution in [3.8, 4) is 0 Å². The van der Waals surface area contributed by atoms with Gasteiger partial charge in [-0.3, -0.25) is 9.59 Å². The van der Waals surface area contributed by atoms with E-state index in [1.54, 1.807) is 6.08 Å². The van der Waals surface area contributed by atoms with Crippen LogP contribution in [0.3, 0.4) is 0 Å². The molecule has 0 aromatic rings. The van der Waals surface area contributed by atoms with E-state index >= 15 is 0 Å². The molecule has 1 amide bonds. The lowest BCUT2D eigenvalue weighted by atomic mass is 10.0. The Kier molecular flexibility index (Phi) is 51.1. The zero-order valence-corrected chi connectivity index (χ0v) is 42.1. The highest BCUT2D eigenvalue weighted by molar-refractivity contribution is 5.76. The van der Waals surface area contributed by atoms with Crippen LogP contribution in [0.25, 0.3) is 0 Å². The van der Waals surface area contributed by atoms with E-state index in [4.69, 9.17) is 4.74 Å². The molecule has 0 heterocycles. The van der Waals surface area contributed by atoms with Gasteiger partial charge >= 0.3 is 5.97 Å². The molecule has 0 aliphatic heterocycles. The molecule has 0 rings (SSSR count). The van der Waals surface area contributed by atoms with Crippen LogP contribution in [0.5, 0.6) is 0 Å². The summed E-state index contributed by atoms with van der Waals surface area (Å²) in [6, 6.07) is -0.638. The largest absolute Gasteiger partial charge is 0.466 e. The zero-order valence-electron chi connectivity index (χ0n) is 42.1. The molecule has 0 radical (unpaired) electrons. The molecule has 0 bridgehead atoms. The Morgan fingerprint density at radius 3 is 1.21 bits per heavy atom. The van der Waals surface area contributed by atoms with Gasteiger partial charge in [0.1, 0.15) is 0 Å². The number of nitrogens with one attached hydrogen (secondary N) is 1. The highest BCUT2D eigenvalue weighted by Gasteiger charge is 2.18. The quantitative estimate of drug-likeness (QED) is 0.0321. The van der Waals surface area contributed by atoms with Crippen molar-refractivity contribution in [3.05, 3.63) is 36.5 Å². The second-order valence-corrected chi connectivity index (χ2v) is 18.9. The first-order valence-corrected chi connectivity index (χ1v) is 27.8. The minimum atomic E-state index is -0.853. The fraction of sp³-hybridized carbons (Fsp3) is 0.860. The van der Waals surface area contributed by atoms with Gasteiger partial charge in [0.25, 0.3) is 0 Å². The molecule has 2 unspecified atom stereocenters. The average Bonchev–Trinajstić information content (AvgIpc) is 3.28. The fourth-order valence-corrected chi connectivity index (χ4v) is 8.37. The van der Waals surface area contributed by atoms with Crippen molar-refractivity contribution in [2.45, 2.75) is 302 Å². The smallest absolute Gasteiger partial charge is 0.305 e. The summed E-state index contributed by atoms with van der Waals surface area (Å²) in [5, 5.41) is 22.9. The van der Waals surface area contributed by atoms with Crippen LogP contribution < -0.4 is 5.32 Å². The predicted octanol–water partition coefficient (Wildman–Crippen LogP) is 16.9. The van der Waals surface area contributed by atoms with Crippen molar-refractivity contribution >= 4 is 11.9 Å². The molecule has 6 nitrogen and oxygen atoms in total. The second kappa shape index (κ2) is 52.7. The number of rotatable bonds is 51. The van der Waals surface area contributed by atoms with Gasteiger partial charge in [-0.1, -0.05) is 243 Å². The monoisotopic (exact) mass is 886 g/mol. The maximum absolute atomic E-state index is 12.4. The van der Waals surface area contributed by atoms with Crippen molar-refractivity contribution in [1.82, 2.24) is 5.32 Å². The molecule has 0 saturated carbocycles. The van der Waals surface area contributed by atoms with E-state index in [-0.39, 0.29) is 18.5 Å². The summed E-state index contributed by atoms with van der Waals surface area (Å²) in [7, 11) is 0. The van der Waals surface area contributed by atoms with Gasteiger partial charge in [0, 0.05) is 12.8 Å². The number of unbranched alkanes of at least 4 members (excludes halogenated alkanes) is 36. The fourth-order valence-electron chi connectivity index (χ4n) is 8.37. The van der Waals surface area contributed by atoms with Gasteiger partial charge in [0.15, 0.2) is 0 Å². The van der Waals surface area contributed by atoms with Crippen LogP contribution in [0.4, 0.5) is 0 Å². The molecule has 2 atom stereocenters. The minimum absolute atomic E-state index is 0.0123. The van der Waals surface area contributed by atoms with Crippen molar-refractivity contribution in [2.24, 2.45) is 0 Å². The van der Waals surface area contributed by atoms with E-state index in [2.05, 4.69) is 43.5 Å². The van der Waals surface area contributed by atoms with Gasteiger partial charge in [0.05, 0.1) is 25.4 Å². The van der Waals surface area contributed by atoms with Crippen LogP contribution in [0, 0.1) is 0 Å². The van der Waals surface area contributed by atoms with Crippen LogP contribution >= 0.6 is 0 Å². The number of allylic oxidation sites excluding steroid dienone is 5. The van der Waals surface area contributed by atoms with Crippen LogP contribution in [0.1, 0.15) is 290 Å². The SMILES string of the molecule is CCCCCCCCCC/C=C/C(O)C(CO)NC(=O)CCCCCCCCC/C=C\C/C=C\CCCCCOC(=O)CCCCCCCCCCCCCCCCCCCCC. The maximum Gasteiger partial charge on any atom is 0.305 e. The van der Waals surface area contributed by atoms with E-state index in [1.165, 1.54) is 180 Å². The first-order chi connectivity index (χ1) is 31.0. The van der Waals surface area contributed by atoms with Crippen molar-refractivity contribution in [1.29, 1.82) is 0 Å². The van der Waals surface area contributed by atoms with E-state index in [0.717, 1.165) is 83.5 Å². The third kappa shape index (κ3) is 49.4. The Hall–Kier alpha value is -1.92.